The number of benzene rings is 2. The maximum absolute atomic E-state index is 12.6. The summed E-state index contributed by atoms with van der Waals surface area (Å²) in [4.78, 5) is 26.7. The summed E-state index contributed by atoms with van der Waals surface area (Å²) in [5, 5.41) is 13.0. The molecule has 0 saturated carbocycles. The lowest BCUT2D eigenvalue weighted by molar-refractivity contribution is -0.122. The molecule has 2 N–H and O–H groups in total. The van der Waals surface area contributed by atoms with Crippen LogP contribution in [0.1, 0.15) is 42.1 Å². The SMILES string of the molecule is CCOc1ccc(CCC(=O)NC2CCN(C(=O)c3ccccc3O)CC2)cc1OC. The van der Waals surface area contributed by atoms with E-state index in [4.69, 9.17) is 9.47 Å². The number of aromatic hydroxyl groups is 1. The third-order valence-corrected chi connectivity index (χ3v) is 5.45. The minimum Gasteiger partial charge on any atom is -0.507 e. The Kier molecular flexibility index (Phi) is 7.76. The Morgan fingerprint density at radius 3 is 2.55 bits per heavy atom. The molecule has 0 aliphatic carbocycles. The van der Waals surface area contributed by atoms with Gasteiger partial charge in [0, 0.05) is 25.6 Å². The van der Waals surface area contributed by atoms with E-state index in [2.05, 4.69) is 5.32 Å². The first-order valence-electron chi connectivity index (χ1n) is 10.7. The Morgan fingerprint density at radius 1 is 1.13 bits per heavy atom. The quantitative estimate of drug-likeness (QED) is 0.677. The number of ether oxygens (including phenoxy) is 2. The van der Waals surface area contributed by atoms with Crippen LogP contribution >= 0.6 is 0 Å². The molecule has 1 heterocycles. The summed E-state index contributed by atoms with van der Waals surface area (Å²) in [7, 11) is 1.60. The number of likely N-dealkylation sites (tertiary alicyclic amines) is 1. The van der Waals surface area contributed by atoms with Crippen molar-refractivity contribution in [1.82, 2.24) is 10.2 Å². The van der Waals surface area contributed by atoms with Crippen LogP contribution in [-0.4, -0.2) is 54.7 Å². The first-order valence-corrected chi connectivity index (χ1v) is 10.7. The highest BCUT2D eigenvalue weighted by Gasteiger charge is 2.25. The van der Waals surface area contributed by atoms with E-state index in [0.717, 1.165) is 5.56 Å². The molecule has 1 aliphatic rings. The fraction of sp³-hybridized carbons (Fsp3) is 0.417. The average molecular weight is 427 g/mol. The van der Waals surface area contributed by atoms with Gasteiger partial charge in [0.2, 0.25) is 5.91 Å². The fourth-order valence-corrected chi connectivity index (χ4v) is 3.75. The largest absolute Gasteiger partial charge is 0.507 e. The number of piperidine rings is 1. The van der Waals surface area contributed by atoms with Crippen LogP contribution in [0.4, 0.5) is 0 Å². The molecule has 2 amide bonds. The zero-order valence-electron chi connectivity index (χ0n) is 18.1. The Labute approximate surface area is 183 Å². The van der Waals surface area contributed by atoms with Gasteiger partial charge in [0.05, 0.1) is 19.3 Å². The molecule has 2 aromatic rings. The van der Waals surface area contributed by atoms with Gasteiger partial charge in [-0.25, -0.2) is 0 Å². The predicted molar refractivity (Wildman–Crippen MR) is 118 cm³/mol. The number of hydrogen-bond acceptors (Lipinski definition) is 5. The van der Waals surface area contributed by atoms with Crippen LogP contribution < -0.4 is 14.8 Å². The van der Waals surface area contributed by atoms with Gasteiger partial charge in [-0.1, -0.05) is 18.2 Å². The van der Waals surface area contributed by atoms with E-state index in [1.54, 1.807) is 30.2 Å². The molecule has 1 aliphatic heterocycles. The molecule has 0 spiro atoms. The highest BCUT2D eigenvalue weighted by Crippen LogP contribution is 2.28. The number of phenols is 1. The molecule has 2 aromatic carbocycles. The number of hydrogen-bond donors (Lipinski definition) is 2. The van der Waals surface area contributed by atoms with Crippen molar-refractivity contribution in [2.45, 2.75) is 38.6 Å². The number of rotatable bonds is 8. The number of amides is 2. The number of methoxy groups -OCH3 is 1. The number of phenolic OH excluding ortho intramolecular Hbond substituents is 1. The van der Waals surface area contributed by atoms with Crippen LogP contribution in [-0.2, 0) is 11.2 Å². The van der Waals surface area contributed by atoms with Crippen molar-refractivity contribution in [2.24, 2.45) is 0 Å². The first-order chi connectivity index (χ1) is 15.0. The summed E-state index contributed by atoms with van der Waals surface area (Å²) in [6, 6.07) is 12.3. The normalized spacial score (nSPS) is 14.2. The summed E-state index contributed by atoms with van der Waals surface area (Å²) in [5.41, 5.74) is 1.33. The van der Waals surface area contributed by atoms with E-state index < -0.39 is 0 Å². The topological polar surface area (TPSA) is 88.1 Å². The minimum absolute atomic E-state index is 0.00154. The van der Waals surface area contributed by atoms with E-state index in [9.17, 15) is 14.7 Å². The summed E-state index contributed by atoms with van der Waals surface area (Å²) < 4.78 is 10.9. The molecule has 1 fully saturated rings. The minimum atomic E-state index is -0.174. The summed E-state index contributed by atoms with van der Waals surface area (Å²) in [6.07, 6.45) is 2.39. The van der Waals surface area contributed by atoms with Gasteiger partial charge >= 0.3 is 0 Å². The molecule has 0 aromatic heterocycles. The summed E-state index contributed by atoms with van der Waals surface area (Å²) >= 11 is 0. The Hall–Kier alpha value is -3.22. The number of aryl methyl sites for hydroxylation is 1. The zero-order valence-corrected chi connectivity index (χ0v) is 18.1. The molecule has 0 bridgehead atoms. The molecule has 0 radical (unpaired) electrons. The second-order valence-corrected chi connectivity index (χ2v) is 7.57. The van der Waals surface area contributed by atoms with E-state index >= 15 is 0 Å². The second-order valence-electron chi connectivity index (χ2n) is 7.57. The van der Waals surface area contributed by atoms with Gasteiger partial charge < -0.3 is 24.8 Å². The molecule has 7 nitrogen and oxygen atoms in total. The van der Waals surface area contributed by atoms with E-state index in [1.807, 2.05) is 25.1 Å². The molecule has 166 valence electrons. The van der Waals surface area contributed by atoms with E-state index in [-0.39, 0.29) is 23.6 Å². The van der Waals surface area contributed by atoms with Crippen molar-refractivity contribution in [3.05, 3.63) is 53.6 Å². The molecule has 1 saturated heterocycles. The highest BCUT2D eigenvalue weighted by molar-refractivity contribution is 5.96. The van der Waals surface area contributed by atoms with Gasteiger partial charge in [0.1, 0.15) is 5.75 Å². The number of para-hydroxylation sites is 1. The van der Waals surface area contributed by atoms with Crippen molar-refractivity contribution in [2.75, 3.05) is 26.8 Å². The predicted octanol–water partition coefficient (Wildman–Crippen LogP) is 3.15. The van der Waals surface area contributed by atoms with Crippen molar-refractivity contribution in [3.63, 3.8) is 0 Å². The average Bonchev–Trinajstić information content (AvgIpc) is 2.79. The van der Waals surface area contributed by atoms with Crippen LogP contribution in [0.2, 0.25) is 0 Å². The fourth-order valence-electron chi connectivity index (χ4n) is 3.75. The second kappa shape index (κ2) is 10.7. The number of carbonyl (C=O) groups is 2. The Bertz CT molecular complexity index is 907. The van der Waals surface area contributed by atoms with Crippen molar-refractivity contribution < 1.29 is 24.2 Å². The molecule has 0 atom stereocenters. The smallest absolute Gasteiger partial charge is 0.257 e. The number of nitrogens with zero attached hydrogens (tertiary/aromatic N) is 1. The lowest BCUT2D eigenvalue weighted by Crippen LogP contribution is -2.46. The summed E-state index contributed by atoms with van der Waals surface area (Å²) in [5.74, 6) is 1.18. The lowest BCUT2D eigenvalue weighted by Gasteiger charge is -2.32. The zero-order chi connectivity index (χ0) is 22.2. The Morgan fingerprint density at radius 2 is 1.87 bits per heavy atom. The van der Waals surface area contributed by atoms with Crippen LogP contribution in [0.3, 0.4) is 0 Å². The van der Waals surface area contributed by atoms with Crippen molar-refractivity contribution in [1.29, 1.82) is 0 Å². The maximum Gasteiger partial charge on any atom is 0.257 e. The number of carbonyl (C=O) groups excluding carboxylic acids is 2. The number of nitrogens with one attached hydrogen (secondary N) is 1. The van der Waals surface area contributed by atoms with Crippen LogP contribution in [0, 0.1) is 0 Å². The first kappa shape index (κ1) is 22.5. The molecule has 3 rings (SSSR count). The standard InChI is InChI=1S/C24H30N2O5/c1-3-31-21-10-8-17(16-22(21)30-2)9-11-23(28)25-18-12-14-26(15-13-18)24(29)19-6-4-5-7-20(19)27/h4-8,10,16,18,27H,3,9,11-15H2,1-2H3,(H,25,28). The van der Waals surface area contributed by atoms with E-state index in [1.165, 1.54) is 6.07 Å². The van der Waals surface area contributed by atoms with Crippen LogP contribution in [0.15, 0.2) is 42.5 Å². The van der Waals surface area contributed by atoms with Crippen LogP contribution in [0.5, 0.6) is 17.2 Å². The molecule has 31 heavy (non-hydrogen) atoms. The van der Waals surface area contributed by atoms with Gasteiger partial charge in [-0.3, -0.25) is 9.59 Å². The molecule has 0 unspecified atom stereocenters. The van der Waals surface area contributed by atoms with Crippen molar-refractivity contribution in [3.8, 4) is 17.2 Å². The van der Waals surface area contributed by atoms with Gasteiger partial charge in [0.15, 0.2) is 11.5 Å². The molecular weight excluding hydrogens is 396 g/mol. The summed E-state index contributed by atoms with van der Waals surface area (Å²) in [6.45, 7) is 3.58. The lowest BCUT2D eigenvalue weighted by atomic mass is 10.0. The van der Waals surface area contributed by atoms with Crippen molar-refractivity contribution >= 4 is 11.8 Å². The van der Waals surface area contributed by atoms with Gasteiger partial charge in [0.25, 0.3) is 5.91 Å². The molecular formula is C24H30N2O5. The van der Waals surface area contributed by atoms with Gasteiger partial charge in [-0.2, -0.15) is 0 Å². The molecule has 7 heteroatoms. The van der Waals surface area contributed by atoms with Gasteiger partial charge in [-0.05, 0) is 56.0 Å². The van der Waals surface area contributed by atoms with Crippen LogP contribution in [0.25, 0.3) is 0 Å². The van der Waals surface area contributed by atoms with Gasteiger partial charge in [-0.15, -0.1) is 0 Å². The van der Waals surface area contributed by atoms with E-state index in [0.29, 0.717) is 62.4 Å². The Balaban J connectivity index is 1.45. The third-order valence-electron chi connectivity index (χ3n) is 5.45. The third kappa shape index (κ3) is 5.90. The monoisotopic (exact) mass is 426 g/mol. The highest BCUT2D eigenvalue weighted by atomic mass is 16.5. The maximum atomic E-state index is 12.6.